The zero-order valence-corrected chi connectivity index (χ0v) is 16.1. The van der Waals surface area contributed by atoms with Crippen LogP contribution >= 0.6 is 0 Å². The van der Waals surface area contributed by atoms with Gasteiger partial charge in [-0.25, -0.2) is 4.79 Å². The number of hydrogen-bond donors (Lipinski definition) is 2. The number of methoxy groups -OCH3 is 1. The Labute approximate surface area is 167 Å². The van der Waals surface area contributed by atoms with Crippen LogP contribution in [0.3, 0.4) is 0 Å². The van der Waals surface area contributed by atoms with E-state index in [4.69, 9.17) is 18.9 Å². The van der Waals surface area contributed by atoms with Crippen molar-refractivity contribution in [3.63, 3.8) is 0 Å². The highest BCUT2D eigenvalue weighted by atomic mass is 16.8. The zero-order valence-electron chi connectivity index (χ0n) is 16.1. The summed E-state index contributed by atoms with van der Waals surface area (Å²) in [5.74, 6) is -1.44. The highest BCUT2D eigenvalue weighted by molar-refractivity contribution is 5.74. The van der Waals surface area contributed by atoms with Gasteiger partial charge in [0.05, 0.1) is 25.7 Å². The molecule has 0 amide bonds. The largest absolute Gasteiger partial charge is 0.534 e. The maximum atomic E-state index is 12.0. The maximum absolute atomic E-state index is 12.0. The second-order valence-electron chi connectivity index (χ2n) is 6.01. The number of nitrogens with zero attached hydrogens (tertiary/aromatic N) is 1. The minimum Gasteiger partial charge on any atom is -0.492 e. The molecule has 2 N–H and O–H groups in total. The molecule has 1 aromatic heterocycles. The van der Waals surface area contributed by atoms with E-state index in [1.165, 1.54) is 0 Å². The molecular weight excluding hydrogens is 386 g/mol. The standard InChI is InChI=1S/C19H23NO9/c1-13(11-26-10-9-25-2)18(23)28-15-5-3-14(4-6-15)12-27-19(24)29-20-16(21)7-8-17(20)22/h3-8,13,21-22H,9-12H2,1-2H3. The van der Waals surface area contributed by atoms with Crippen LogP contribution in [-0.2, 0) is 25.6 Å². The van der Waals surface area contributed by atoms with Crippen LogP contribution in [-0.4, -0.2) is 54.0 Å². The minimum atomic E-state index is -1.12. The van der Waals surface area contributed by atoms with Gasteiger partial charge in [0.25, 0.3) is 0 Å². The van der Waals surface area contributed by atoms with Gasteiger partial charge in [0, 0.05) is 19.2 Å². The van der Waals surface area contributed by atoms with Crippen LogP contribution in [0.4, 0.5) is 4.79 Å². The number of carbonyl (C=O) groups excluding carboxylic acids is 2. The number of benzene rings is 1. The summed E-state index contributed by atoms with van der Waals surface area (Å²) in [5.41, 5.74) is 0.610. The topological polar surface area (TPSA) is 126 Å². The SMILES string of the molecule is COCCOCC(C)C(=O)Oc1ccc(COC(=O)On2c(O)ccc2O)cc1. The van der Waals surface area contributed by atoms with E-state index in [1.54, 1.807) is 38.3 Å². The second kappa shape index (κ2) is 10.9. The third-order valence-electron chi connectivity index (χ3n) is 3.66. The predicted octanol–water partition coefficient (Wildman–Crippen LogP) is 1.87. The summed E-state index contributed by atoms with van der Waals surface area (Å²) in [6.07, 6.45) is -1.12. The van der Waals surface area contributed by atoms with Gasteiger partial charge in [-0.1, -0.05) is 12.1 Å². The van der Waals surface area contributed by atoms with Gasteiger partial charge < -0.3 is 29.2 Å². The van der Waals surface area contributed by atoms with E-state index in [9.17, 15) is 19.8 Å². The average molecular weight is 409 g/mol. The summed E-state index contributed by atoms with van der Waals surface area (Å²) in [6.45, 7) is 2.65. The lowest BCUT2D eigenvalue weighted by Crippen LogP contribution is -2.23. The number of rotatable bonds is 10. The van der Waals surface area contributed by atoms with Crippen molar-refractivity contribution in [2.45, 2.75) is 13.5 Å². The molecule has 29 heavy (non-hydrogen) atoms. The van der Waals surface area contributed by atoms with Crippen molar-refractivity contribution in [2.24, 2.45) is 5.92 Å². The molecule has 0 saturated heterocycles. The van der Waals surface area contributed by atoms with Gasteiger partial charge in [-0.3, -0.25) is 9.63 Å². The van der Waals surface area contributed by atoms with E-state index in [1.807, 2.05) is 0 Å². The summed E-state index contributed by atoms with van der Waals surface area (Å²) >= 11 is 0. The quantitative estimate of drug-likeness (QED) is 0.343. The molecule has 1 atom stereocenters. The lowest BCUT2D eigenvalue weighted by Gasteiger charge is -2.12. The molecule has 0 spiro atoms. The number of aromatic nitrogens is 1. The average Bonchev–Trinajstić information content (AvgIpc) is 3.02. The van der Waals surface area contributed by atoms with Crippen molar-refractivity contribution in [3.8, 4) is 17.5 Å². The molecule has 0 fully saturated rings. The van der Waals surface area contributed by atoms with Crippen molar-refractivity contribution in [2.75, 3.05) is 26.9 Å². The molecule has 0 bridgehead atoms. The first-order valence-electron chi connectivity index (χ1n) is 8.72. The summed E-state index contributed by atoms with van der Waals surface area (Å²) in [7, 11) is 1.57. The van der Waals surface area contributed by atoms with E-state index in [-0.39, 0.29) is 13.2 Å². The summed E-state index contributed by atoms with van der Waals surface area (Å²) < 4.78 is 20.8. The first kappa shape index (κ1) is 22.1. The van der Waals surface area contributed by atoms with Gasteiger partial charge in [0.1, 0.15) is 12.4 Å². The monoisotopic (exact) mass is 409 g/mol. The molecule has 10 nitrogen and oxygen atoms in total. The Kier molecular flexibility index (Phi) is 8.31. The molecule has 1 heterocycles. The van der Waals surface area contributed by atoms with Crippen LogP contribution in [0.25, 0.3) is 0 Å². The molecule has 0 radical (unpaired) electrons. The van der Waals surface area contributed by atoms with E-state index in [2.05, 4.69) is 4.84 Å². The molecular formula is C19H23NO9. The summed E-state index contributed by atoms with van der Waals surface area (Å²) in [5, 5.41) is 18.8. The van der Waals surface area contributed by atoms with Gasteiger partial charge in [-0.2, -0.15) is 0 Å². The Hall–Kier alpha value is -3.24. The van der Waals surface area contributed by atoms with Crippen LogP contribution in [0.2, 0.25) is 0 Å². The van der Waals surface area contributed by atoms with E-state index >= 15 is 0 Å². The minimum absolute atomic E-state index is 0.125. The molecule has 0 saturated carbocycles. The predicted molar refractivity (Wildman–Crippen MR) is 98.5 cm³/mol. The molecule has 0 aliphatic rings. The first-order valence-corrected chi connectivity index (χ1v) is 8.72. The maximum Gasteiger partial charge on any atom is 0.534 e. The normalized spacial score (nSPS) is 11.7. The van der Waals surface area contributed by atoms with E-state index < -0.39 is 29.8 Å². The van der Waals surface area contributed by atoms with Crippen molar-refractivity contribution in [1.82, 2.24) is 4.73 Å². The van der Waals surface area contributed by atoms with E-state index in [0.717, 1.165) is 12.1 Å². The van der Waals surface area contributed by atoms with Crippen molar-refractivity contribution in [3.05, 3.63) is 42.0 Å². The summed E-state index contributed by atoms with van der Waals surface area (Å²) in [4.78, 5) is 28.3. The number of esters is 1. The number of aromatic hydroxyl groups is 2. The fourth-order valence-corrected chi connectivity index (χ4v) is 2.08. The van der Waals surface area contributed by atoms with Crippen molar-refractivity contribution >= 4 is 12.1 Å². The lowest BCUT2D eigenvalue weighted by atomic mass is 10.2. The van der Waals surface area contributed by atoms with Crippen molar-refractivity contribution in [1.29, 1.82) is 0 Å². The Balaban J connectivity index is 1.76. The number of ether oxygens (including phenoxy) is 4. The highest BCUT2D eigenvalue weighted by Crippen LogP contribution is 2.19. The van der Waals surface area contributed by atoms with Crippen LogP contribution in [0.1, 0.15) is 12.5 Å². The lowest BCUT2D eigenvalue weighted by molar-refractivity contribution is -0.140. The fraction of sp³-hybridized carbons (Fsp3) is 0.368. The van der Waals surface area contributed by atoms with Crippen LogP contribution in [0.5, 0.6) is 17.5 Å². The molecule has 158 valence electrons. The molecule has 1 aromatic carbocycles. The van der Waals surface area contributed by atoms with E-state index in [0.29, 0.717) is 29.3 Å². The van der Waals surface area contributed by atoms with Gasteiger partial charge >= 0.3 is 12.1 Å². The van der Waals surface area contributed by atoms with Crippen LogP contribution in [0.15, 0.2) is 36.4 Å². The first-order chi connectivity index (χ1) is 13.9. The molecule has 0 aliphatic heterocycles. The number of hydrogen-bond acceptors (Lipinski definition) is 9. The molecule has 1 unspecified atom stereocenters. The Morgan fingerprint density at radius 3 is 2.31 bits per heavy atom. The number of carbonyl (C=O) groups is 2. The Bertz CT molecular complexity index is 781. The highest BCUT2D eigenvalue weighted by Gasteiger charge is 2.16. The Morgan fingerprint density at radius 1 is 1.03 bits per heavy atom. The van der Waals surface area contributed by atoms with Crippen molar-refractivity contribution < 1.29 is 43.6 Å². The van der Waals surface area contributed by atoms with Gasteiger partial charge in [0.15, 0.2) is 0 Å². The molecule has 2 rings (SSSR count). The van der Waals surface area contributed by atoms with Gasteiger partial charge in [-0.15, -0.1) is 4.73 Å². The van der Waals surface area contributed by atoms with Gasteiger partial charge in [-0.05, 0) is 24.6 Å². The van der Waals surface area contributed by atoms with Crippen LogP contribution < -0.4 is 9.57 Å². The third kappa shape index (κ3) is 7.01. The van der Waals surface area contributed by atoms with Crippen LogP contribution in [0, 0.1) is 5.92 Å². The Morgan fingerprint density at radius 2 is 1.69 bits per heavy atom. The molecule has 10 heteroatoms. The second-order valence-corrected chi connectivity index (χ2v) is 6.01. The molecule has 2 aromatic rings. The smallest absolute Gasteiger partial charge is 0.492 e. The third-order valence-corrected chi connectivity index (χ3v) is 3.66. The molecule has 0 aliphatic carbocycles. The summed E-state index contributed by atoms with van der Waals surface area (Å²) in [6, 6.07) is 8.64. The van der Waals surface area contributed by atoms with Gasteiger partial charge in [0.2, 0.25) is 11.8 Å². The zero-order chi connectivity index (χ0) is 21.2. The fourth-order valence-electron chi connectivity index (χ4n) is 2.08.